The molecule has 0 amide bonds. The second-order valence-electron chi connectivity index (χ2n) is 15.1. The average molecular weight is 489 g/mol. The number of hydrogen-bond acceptors (Lipinski definition) is 4. The first-order valence-electron chi connectivity index (χ1n) is 14.0. The molecule has 0 heterocycles. The normalized spacial score (nSPS) is 55.0. The molecule has 5 nitrogen and oxygen atoms in total. The number of aliphatic hydroxyl groups is 3. The van der Waals surface area contributed by atoms with Crippen molar-refractivity contribution in [1.29, 1.82) is 0 Å². The Labute approximate surface area is 211 Å². The first-order chi connectivity index (χ1) is 16.1. The Morgan fingerprint density at radius 3 is 2.23 bits per heavy atom. The highest BCUT2D eigenvalue weighted by atomic mass is 16.4. The van der Waals surface area contributed by atoms with Gasteiger partial charge < -0.3 is 20.4 Å². The fourth-order valence-electron chi connectivity index (χ4n) is 10.8. The second kappa shape index (κ2) is 7.57. The zero-order chi connectivity index (χ0) is 25.8. The molecule has 4 saturated carbocycles. The highest BCUT2D eigenvalue weighted by Crippen LogP contribution is 2.75. The van der Waals surface area contributed by atoms with Crippen molar-refractivity contribution in [3.05, 3.63) is 11.6 Å². The first-order valence-corrected chi connectivity index (χ1v) is 14.0. The van der Waals surface area contributed by atoms with Gasteiger partial charge in [-0.2, -0.15) is 0 Å². The summed E-state index contributed by atoms with van der Waals surface area (Å²) in [4.78, 5) is 12.8. The van der Waals surface area contributed by atoms with Gasteiger partial charge in [-0.05, 0) is 97.2 Å². The Kier molecular flexibility index (Phi) is 5.56. The Morgan fingerprint density at radius 2 is 1.60 bits per heavy atom. The maximum Gasteiger partial charge on any atom is 0.310 e. The van der Waals surface area contributed by atoms with E-state index in [9.17, 15) is 25.2 Å². The number of allylic oxidation sites excluding steroid dienone is 2. The molecule has 5 aliphatic carbocycles. The molecule has 198 valence electrons. The fraction of sp³-hybridized carbons (Fsp3) is 0.900. The van der Waals surface area contributed by atoms with E-state index in [0.29, 0.717) is 12.3 Å². The SMILES string of the molecule is CC1(C)CCC2(C(=O)O)CC[C@]3(C)C(=CC[C@@H]4C5(C)C[C@@H](O)[C@@H](O)[C@@](C)(CO)C5CCC43C)C2C1. The summed E-state index contributed by atoms with van der Waals surface area (Å²) in [5.74, 6) is -0.0472. The van der Waals surface area contributed by atoms with Gasteiger partial charge in [-0.15, -0.1) is 0 Å². The first kappa shape index (κ1) is 25.7. The number of carboxylic acids is 1. The maximum atomic E-state index is 12.8. The quantitative estimate of drug-likeness (QED) is 0.402. The molecule has 0 radical (unpaired) electrons. The number of aliphatic hydroxyl groups excluding tert-OH is 3. The molecule has 0 aromatic carbocycles. The molecule has 0 aromatic heterocycles. The zero-order valence-corrected chi connectivity index (χ0v) is 22.7. The second-order valence-corrected chi connectivity index (χ2v) is 15.1. The van der Waals surface area contributed by atoms with Crippen molar-refractivity contribution in [1.82, 2.24) is 0 Å². The molecule has 5 heteroatoms. The fourth-order valence-corrected chi connectivity index (χ4v) is 10.8. The minimum absolute atomic E-state index is 0.00698. The Hall–Kier alpha value is -0.910. The predicted octanol–water partition coefficient (Wildman–Crippen LogP) is 5.18. The van der Waals surface area contributed by atoms with Crippen molar-refractivity contribution >= 4 is 5.97 Å². The van der Waals surface area contributed by atoms with Crippen LogP contribution in [0.15, 0.2) is 11.6 Å². The number of aliphatic carboxylic acids is 1. The van der Waals surface area contributed by atoms with Gasteiger partial charge in [-0.3, -0.25) is 4.79 Å². The lowest BCUT2D eigenvalue weighted by atomic mass is 9.33. The summed E-state index contributed by atoms with van der Waals surface area (Å²) >= 11 is 0. The summed E-state index contributed by atoms with van der Waals surface area (Å²) in [6.45, 7) is 13.6. The number of fused-ring (bicyclic) bond motifs is 7. The van der Waals surface area contributed by atoms with Crippen molar-refractivity contribution in [2.24, 2.45) is 50.2 Å². The van der Waals surface area contributed by atoms with Crippen molar-refractivity contribution in [2.45, 2.75) is 112 Å². The number of carbonyl (C=O) groups is 1. The highest BCUT2D eigenvalue weighted by Gasteiger charge is 2.70. The largest absolute Gasteiger partial charge is 0.481 e. The Morgan fingerprint density at radius 1 is 0.943 bits per heavy atom. The van der Waals surface area contributed by atoms with Crippen molar-refractivity contribution in [3.8, 4) is 0 Å². The van der Waals surface area contributed by atoms with Crippen molar-refractivity contribution in [3.63, 3.8) is 0 Å². The molecule has 5 unspecified atom stereocenters. The van der Waals surface area contributed by atoms with E-state index in [2.05, 4.69) is 40.7 Å². The number of carboxylic acid groups (broad SMARTS) is 1. The van der Waals surface area contributed by atoms with Crippen LogP contribution in [0.1, 0.15) is 99.3 Å². The summed E-state index contributed by atoms with van der Waals surface area (Å²) in [5, 5.41) is 42.8. The molecule has 5 rings (SSSR count). The molecule has 35 heavy (non-hydrogen) atoms. The van der Waals surface area contributed by atoms with Crippen LogP contribution in [-0.2, 0) is 4.79 Å². The molecule has 0 aliphatic heterocycles. The average Bonchev–Trinajstić information content (AvgIpc) is 2.77. The third-order valence-electron chi connectivity index (χ3n) is 13.2. The molecule has 0 saturated heterocycles. The topological polar surface area (TPSA) is 98.0 Å². The lowest BCUT2D eigenvalue weighted by molar-refractivity contribution is -0.243. The Bertz CT molecular complexity index is 941. The van der Waals surface area contributed by atoms with E-state index in [0.717, 1.165) is 51.4 Å². The summed E-state index contributed by atoms with van der Waals surface area (Å²) in [6.07, 6.45) is 8.40. The number of rotatable bonds is 2. The van der Waals surface area contributed by atoms with Crippen LogP contribution in [0.4, 0.5) is 0 Å². The summed E-state index contributed by atoms with van der Waals surface area (Å²) in [6, 6.07) is 0. The van der Waals surface area contributed by atoms with Gasteiger partial charge in [0.25, 0.3) is 0 Å². The minimum atomic E-state index is -0.907. The van der Waals surface area contributed by atoms with Crippen LogP contribution in [0.2, 0.25) is 0 Å². The zero-order valence-electron chi connectivity index (χ0n) is 22.7. The van der Waals surface area contributed by atoms with Gasteiger partial charge in [-0.1, -0.05) is 53.2 Å². The van der Waals surface area contributed by atoms with E-state index < -0.39 is 29.0 Å². The molecule has 0 spiro atoms. The van der Waals surface area contributed by atoms with E-state index >= 15 is 0 Å². The summed E-state index contributed by atoms with van der Waals surface area (Å²) < 4.78 is 0. The third kappa shape index (κ3) is 3.07. The van der Waals surface area contributed by atoms with Gasteiger partial charge in [-0.25, -0.2) is 0 Å². The molecule has 0 bridgehead atoms. The van der Waals surface area contributed by atoms with Crippen LogP contribution < -0.4 is 0 Å². The highest BCUT2D eigenvalue weighted by molar-refractivity contribution is 5.76. The summed E-state index contributed by atoms with van der Waals surface area (Å²) in [7, 11) is 0. The lowest BCUT2D eigenvalue weighted by Gasteiger charge is -2.71. The van der Waals surface area contributed by atoms with E-state index in [1.807, 2.05) is 6.92 Å². The van der Waals surface area contributed by atoms with Gasteiger partial charge in [0.2, 0.25) is 0 Å². The monoisotopic (exact) mass is 488 g/mol. The van der Waals surface area contributed by atoms with Gasteiger partial charge in [0.05, 0.1) is 24.2 Å². The van der Waals surface area contributed by atoms with E-state index in [-0.39, 0.29) is 40.1 Å². The molecule has 4 fully saturated rings. The predicted molar refractivity (Wildman–Crippen MR) is 135 cm³/mol. The van der Waals surface area contributed by atoms with Crippen molar-refractivity contribution in [2.75, 3.05) is 6.61 Å². The minimum Gasteiger partial charge on any atom is -0.481 e. The van der Waals surface area contributed by atoms with Gasteiger partial charge in [0.15, 0.2) is 0 Å². The third-order valence-corrected chi connectivity index (χ3v) is 13.2. The summed E-state index contributed by atoms with van der Waals surface area (Å²) in [5.41, 5.74) is -0.0632. The van der Waals surface area contributed by atoms with Crippen LogP contribution in [0, 0.1) is 50.2 Å². The molecule has 0 aromatic rings. The standard InChI is InChI=1S/C30H48O5/c1-25(2)11-13-30(24(34)35)14-12-28(5)18(19(30)15-25)7-8-22-26(3)16-20(32)23(33)27(4,17-31)21(26)9-10-29(22,28)6/h7,19-23,31-33H,8-17H2,1-6H3,(H,34,35)/t19?,20-,21?,22-,23-,26?,27+,28-,29?,30?/m1/s1. The van der Waals surface area contributed by atoms with Crippen LogP contribution in [0.5, 0.6) is 0 Å². The van der Waals surface area contributed by atoms with Gasteiger partial charge >= 0.3 is 5.97 Å². The number of hydrogen-bond donors (Lipinski definition) is 4. The van der Waals surface area contributed by atoms with E-state index in [4.69, 9.17) is 0 Å². The maximum absolute atomic E-state index is 12.8. The van der Waals surface area contributed by atoms with Gasteiger partial charge in [0.1, 0.15) is 0 Å². The molecule has 10 atom stereocenters. The van der Waals surface area contributed by atoms with E-state index in [1.165, 1.54) is 5.57 Å². The van der Waals surface area contributed by atoms with Crippen LogP contribution >= 0.6 is 0 Å². The molecular weight excluding hydrogens is 440 g/mol. The molecule has 4 N–H and O–H groups in total. The van der Waals surface area contributed by atoms with Crippen molar-refractivity contribution < 1.29 is 25.2 Å². The van der Waals surface area contributed by atoms with Gasteiger partial charge in [0, 0.05) is 5.41 Å². The van der Waals surface area contributed by atoms with Crippen LogP contribution in [-0.4, -0.2) is 45.2 Å². The van der Waals surface area contributed by atoms with E-state index in [1.54, 1.807) is 0 Å². The Balaban J connectivity index is 1.61. The van der Waals surface area contributed by atoms with Crippen LogP contribution in [0.25, 0.3) is 0 Å². The van der Waals surface area contributed by atoms with Crippen LogP contribution in [0.3, 0.4) is 0 Å². The molecule has 5 aliphatic rings. The lowest BCUT2D eigenvalue weighted by Crippen LogP contribution is -2.68. The smallest absolute Gasteiger partial charge is 0.310 e. The molecular formula is C30H48O5.